The Morgan fingerprint density at radius 3 is 2.67 bits per heavy atom. The van der Waals surface area contributed by atoms with Gasteiger partial charge in [-0.05, 0) is 19.1 Å². The average Bonchev–Trinajstić information content (AvgIpc) is 2.89. The summed E-state index contributed by atoms with van der Waals surface area (Å²) in [5.74, 6) is 0.717. The minimum absolute atomic E-state index is 0.152. The van der Waals surface area contributed by atoms with Gasteiger partial charge in [-0.2, -0.15) is 0 Å². The molecule has 0 aliphatic rings. The Kier molecular flexibility index (Phi) is 4.92. The van der Waals surface area contributed by atoms with Crippen LogP contribution < -0.4 is 15.4 Å². The molecule has 1 aromatic heterocycles. The molecule has 0 bridgehead atoms. The number of carbonyl (C=O) groups excluding carboxylic acids is 2. The first-order valence-electron chi connectivity index (χ1n) is 6.31. The summed E-state index contributed by atoms with van der Waals surface area (Å²) in [6.45, 7) is 1.40. The van der Waals surface area contributed by atoms with Gasteiger partial charge in [0.05, 0.1) is 6.54 Å². The predicted octanol–water partition coefficient (Wildman–Crippen LogP) is 1.12. The van der Waals surface area contributed by atoms with E-state index in [0.29, 0.717) is 17.3 Å². The van der Waals surface area contributed by atoms with Crippen LogP contribution in [0.25, 0.3) is 0 Å². The highest BCUT2D eigenvalue weighted by Crippen LogP contribution is 2.07. The minimum atomic E-state index is -0.392. The molecule has 0 spiro atoms. The number of aromatic nitrogens is 1. The van der Waals surface area contributed by atoms with Gasteiger partial charge in [0.15, 0.2) is 12.4 Å². The van der Waals surface area contributed by atoms with Crippen molar-refractivity contribution in [1.29, 1.82) is 0 Å². The Morgan fingerprint density at radius 2 is 2.00 bits per heavy atom. The van der Waals surface area contributed by atoms with Crippen LogP contribution in [0, 0.1) is 6.92 Å². The summed E-state index contributed by atoms with van der Waals surface area (Å²) in [4.78, 5) is 23.1. The van der Waals surface area contributed by atoms with Crippen molar-refractivity contribution in [2.75, 3.05) is 18.5 Å². The van der Waals surface area contributed by atoms with Crippen LogP contribution in [0.3, 0.4) is 0 Å². The number of aryl methyl sites for hydroxylation is 1. The molecule has 0 fully saturated rings. The van der Waals surface area contributed by atoms with Crippen LogP contribution in [0.4, 0.5) is 5.82 Å². The first-order chi connectivity index (χ1) is 10.1. The number of hydrogen-bond acceptors (Lipinski definition) is 5. The van der Waals surface area contributed by atoms with Crippen molar-refractivity contribution in [2.24, 2.45) is 0 Å². The third kappa shape index (κ3) is 4.98. The Balaban J connectivity index is 1.67. The van der Waals surface area contributed by atoms with Gasteiger partial charge in [-0.1, -0.05) is 23.4 Å². The number of anilines is 1. The number of ether oxygens (including phenoxy) is 1. The maximum absolute atomic E-state index is 11.6. The van der Waals surface area contributed by atoms with Gasteiger partial charge in [0.1, 0.15) is 11.5 Å². The summed E-state index contributed by atoms with van der Waals surface area (Å²) >= 11 is 0. The van der Waals surface area contributed by atoms with E-state index in [0.717, 1.165) is 0 Å². The zero-order chi connectivity index (χ0) is 15.1. The van der Waals surface area contributed by atoms with E-state index in [1.54, 1.807) is 37.3 Å². The minimum Gasteiger partial charge on any atom is -0.484 e. The molecule has 2 N–H and O–H groups in total. The molecule has 7 heteroatoms. The standard InChI is InChI=1S/C14H15N3O4/c1-10-7-12(17-21-10)16-13(18)8-15-14(19)9-20-11-5-3-2-4-6-11/h2-7H,8-9H2,1H3,(H,15,19)(H,16,17,18). The first-order valence-corrected chi connectivity index (χ1v) is 6.31. The van der Waals surface area contributed by atoms with Crippen LogP contribution >= 0.6 is 0 Å². The molecule has 21 heavy (non-hydrogen) atoms. The third-order valence-electron chi connectivity index (χ3n) is 2.45. The van der Waals surface area contributed by atoms with Crippen LogP contribution in [0.2, 0.25) is 0 Å². The van der Waals surface area contributed by atoms with Gasteiger partial charge in [0.2, 0.25) is 5.91 Å². The molecule has 0 aliphatic heterocycles. The second-order valence-corrected chi connectivity index (χ2v) is 4.25. The fourth-order valence-electron chi connectivity index (χ4n) is 1.51. The molecule has 0 saturated heterocycles. The van der Waals surface area contributed by atoms with Crippen molar-refractivity contribution in [2.45, 2.75) is 6.92 Å². The van der Waals surface area contributed by atoms with Gasteiger partial charge in [0.25, 0.3) is 5.91 Å². The van der Waals surface area contributed by atoms with E-state index >= 15 is 0 Å². The molecule has 0 saturated carbocycles. The Bertz CT molecular complexity index is 610. The van der Waals surface area contributed by atoms with Crippen LogP contribution in [0.1, 0.15) is 5.76 Å². The second-order valence-electron chi connectivity index (χ2n) is 4.25. The molecule has 2 rings (SSSR count). The summed E-state index contributed by atoms with van der Waals surface area (Å²) in [7, 11) is 0. The average molecular weight is 289 g/mol. The van der Waals surface area contributed by atoms with Gasteiger partial charge in [-0.15, -0.1) is 0 Å². The highest BCUT2D eigenvalue weighted by atomic mass is 16.5. The topological polar surface area (TPSA) is 93.5 Å². The van der Waals surface area contributed by atoms with E-state index in [1.165, 1.54) is 0 Å². The van der Waals surface area contributed by atoms with Gasteiger partial charge in [-0.25, -0.2) is 0 Å². The summed E-state index contributed by atoms with van der Waals surface area (Å²) in [6, 6.07) is 10.5. The van der Waals surface area contributed by atoms with Gasteiger partial charge < -0.3 is 19.9 Å². The first kappa shape index (κ1) is 14.6. The monoisotopic (exact) mass is 289 g/mol. The van der Waals surface area contributed by atoms with Crippen LogP contribution in [-0.4, -0.2) is 30.1 Å². The van der Waals surface area contributed by atoms with Crippen LogP contribution in [0.5, 0.6) is 5.75 Å². The van der Waals surface area contributed by atoms with Gasteiger partial charge in [-0.3, -0.25) is 9.59 Å². The normalized spacial score (nSPS) is 9.95. The lowest BCUT2D eigenvalue weighted by Gasteiger charge is -2.07. The van der Waals surface area contributed by atoms with Crippen molar-refractivity contribution >= 4 is 17.6 Å². The molecular formula is C14H15N3O4. The largest absolute Gasteiger partial charge is 0.484 e. The van der Waals surface area contributed by atoms with E-state index in [-0.39, 0.29) is 19.1 Å². The molecule has 110 valence electrons. The summed E-state index contributed by atoms with van der Waals surface area (Å²) < 4.78 is 10.1. The predicted molar refractivity (Wildman–Crippen MR) is 74.8 cm³/mol. The van der Waals surface area contributed by atoms with Crippen molar-refractivity contribution in [3.8, 4) is 5.75 Å². The zero-order valence-corrected chi connectivity index (χ0v) is 11.5. The van der Waals surface area contributed by atoms with E-state index in [9.17, 15) is 9.59 Å². The lowest BCUT2D eigenvalue weighted by molar-refractivity contribution is -0.125. The number of benzene rings is 1. The number of carbonyl (C=O) groups is 2. The fraction of sp³-hybridized carbons (Fsp3) is 0.214. The number of hydrogen-bond donors (Lipinski definition) is 2. The molecule has 1 heterocycles. The molecule has 2 aromatic rings. The summed E-state index contributed by atoms with van der Waals surface area (Å²) in [6.07, 6.45) is 0. The Morgan fingerprint density at radius 1 is 1.24 bits per heavy atom. The molecule has 7 nitrogen and oxygen atoms in total. The molecular weight excluding hydrogens is 274 g/mol. The van der Waals surface area contributed by atoms with E-state index in [2.05, 4.69) is 15.8 Å². The van der Waals surface area contributed by atoms with Crippen molar-refractivity contribution in [3.05, 3.63) is 42.2 Å². The van der Waals surface area contributed by atoms with Gasteiger partial charge >= 0.3 is 0 Å². The van der Waals surface area contributed by atoms with Crippen LogP contribution in [-0.2, 0) is 9.59 Å². The van der Waals surface area contributed by atoms with Crippen molar-refractivity contribution in [1.82, 2.24) is 10.5 Å². The maximum atomic E-state index is 11.6. The van der Waals surface area contributed by atoms with E-state index in [4.69, 9.17) is 9.26 Å². The lowest BCUT2D eigenvalue weighted by Crippen LogP contribution is -2.35. The van der Waals surface area contributed by atoms with Crippen molar-refractivity contribution in [3.63, 3.8) is 0 Å². The highest BCUT2D eigenvalue weighted by molar-refractivity contribution is 5.93. The highest BCUT2D eigenvalue weighted by Gasteiger charge is 2.08. The fourth-order valence-corrected chi connectivity index (χ4v) is 1.51. The summed E-state index contributed by atoms with van der Waals surface area (Å²) in [5, 5.41) is 8.55. The zero-order valence-electron chi connectivity index (χ0n) is 11.5. The molecule has 1 aromatic carbocycles. The van der Waals surface area contributed by atoms with Crippen LogP contribution in [0.15, 0.2) is 40.9 Å². The molecule has 2 amide bonds. The lowest BCUT2D eigenvalue weighted by atomic mass is 10.3. The van der Waals surface area contributed by atoms with E-state index < -0.39 is 5.91 Å². The van der Waals surface area contributed by atoms with E-state index in [1.807, 2.05) is 6.07 Å². The molecule has 0 atom stereocenters. The second kappa shape index (κ2) is 7.09. The number of nitrogens with zero attached hydrogens (tertiary/aromatic N) is 1. The molecule has 0 radical (unpaired) electrons. The maximum Gasteiger partial charge on any atom is 0.258 e. The SMILES string of the molecule is Cc1cc(NC(=O)CNC(=O)COc2ccccc2)no1. The Hall–Kier alpha value is -2.83. The number of para-hydroxylation sites is 1. The third-order valence-corrected chi connectivity index (χ3v) is 2.45. The number of nitrogens with one attached hydrogen (secondary N) is 2. The van der Waals surface area contributed by atoms with Gasteiger partial charge in [0, 0.05) is 6.07 Å². The summed E-state index contributed by atoms with van der Waals surface area (Å²) in [5.41, 5.74) is 0. The smallest absolute Gasteiger partial charge is 0.258 e. The number of amides is 2. The molecule has 0 unspecified atom stereocenters. The Labute approximate surface area is 121 Å². The molecule has 0 aliphatic carbocycles. The quantitative estimate of drug-likeness (QED) is 0.831. The van der Waals surface area contributed by atoms with Crippen molar-refractivity contribution < 1.29 is 18.8 Å². The number of rotatable bonds is 6.